The number of amides is 2. The molecule has 2 rings (SSSR count). The average molecular weight is 427 g/mol. The van der Waals surface area contributed by atoms with E-state index in [-0.39, 0.29) is 4.90 Å². The van der Waals surface area contributed by atoms with Crippen LogP contribution in [0.15, 0.2) is 51.8 Å². The first-order valence-corrected chi connectivity index (χ1v) is 9.74. The lowest BCUT2D eigenvalue weighted by Crippen LogP contribution is -2.40. The summed E-state index contributed by atoms with van der Waals surface area (Å²) in [6, 6.07) is 10.4. The molecular weight excluding hydrogens is 408 g/mol. The second-order valence-corrected chi connectivity index (χ2v) is 8.10. The quantitative estimate of drug-likeness (QED) is 0.765. The van der Waals surface area contributed by atoms with Crippen molar-refractivity contribution >= 4 is 32.0 Å². The summed E-state index contributed by atoms with van der Waals surface area (Å²) in [5.41, 5.74) is 1.65. The highest BCUT2D eigenvalue weighted by atomic mass is 79.9. The minimum absolute atomic E-state index is 0.0286. The Bertz CT molecular complexity index is 867. The summed E-state index contributed by atoms with van der Waals surface area (Å²) in [5, 5.41) is 2.61. The number of rotatable bonds is 5. The van der Waals surface area contributed by atoms with Crippen molar-refractivity contribution in [3.05, 3.63) is 58.1 Å². The number of halogens is 1. The standard InChI is InChI=1S/C17H19BrN2O4S/c1-11-4-7-14(8-5-11)25(22,23)20-17(21)19-12(2)15-10-13(18)6-9-16(15)24-3/h4-10,12H,1-3H3,(H2,19,20,21). The Kier molecular flexibility index (Phi) is 6.07. The molecule has 2 N–H and O–H groups in total. The second-order valence-electron chi connectivity index (χ2n) is 5.50. The molecule has 0 spiro atoms. The molecule has 134 valence electrons. The molecule has 0 radical (unpaired) electrons. The van der Waals surface area contributed by atoms with Gasteiger partial charge in [0.05, 0.1) is 18.0 Å². The summed E-state index contributed by atoms with van der Waals surface area (Å²) in [6.45, 7) is 3.59. The van der Waals surface area contributed by atoms with Crippen LogP contribution in [0.4, 0.5) is 4.79 Å². The number of carbonyl (C=O) groups excluding carboxylic acids is 1. The minimum Gasteiger partial charge on any atom is -0.496 e. The number of urea groups is 1. The Morgan fingerprint density at radius 3 is 2.40 bits per heavy atom. The molecule has 0 aliphatic heterocycles. The van der Waals surface area contributed by atoms with Crippen LogP contribution in [-0.2, 0) is 10.0 Å². The molecule has 2 aromatic rings. The molecule has 1 atom stereocenters. The SMILES string of the molecule is COc1ccc(Br)cc1C(C)NC(=O)NS(=O)(=O)c1ccc(C)cc1. The molecular formula is C17H19BrN2O4S. The van der Waals surface area contributed by atoms with Gasteiger partial charge in [-0.15, -0.1) is 0 Å². The first-order chi connectivity index (χ1) is 11.7. The number of ether oxygens (including phenoxy) is 1. The van der Waals surface area contributed by atoms with Crippen molar-refractivity contribution in [1.29, 1.82) is 0 Å². The number of sulfonamides is 1. The number of carbonyl (C=O) groups is 1. The highest BCUT2D eigenvalue weighted by Crippen LogP contribution is 2.28. The number of nitrogens with one attached hydrogen (secondary N) is 2. The van der Waals surface area contributed by atoms with Gasteiger partial charge in [-0.2, -0.15) is 0 Å². The molecule has 0 saturated heterocycles. The van der Waals surface area contributed by atoms with Gasteiger partial charge in [-0.25, -0.2) is 17.9 Å². The van der Waals surface area contributed by atoms with Gasteiger partial charge in [-0.1, -0.05) is 33.6 Å². The summed E-state index contributed by atoms with van der Waals surface area (Å²) >= 11 is 3.37. The fourth-order valence-corrected chi connectivity index (χ4v) is 3.54. The molecule has 0 aliphatic rings. The van der Waals surface area contributed by atoms with Crippen LogP contribution in [0.1, 0.15) is 24.1 Å². The zero-order chi connectivity index (χ0) is 18.6. The molecule has 0 aliphatic carbocycles. The van der Waals surface area contributed by atoms with Crippen LogP contribution in [0.5, 0.6) is 5.75 Å². The van der Waals surface area contributed by atoms with E-state index in [0.29, 0.717) is 5.75 Å². The molecule has 6 nitrogen and oxygen atoms in total. The van der Waals surface area contributed by atoms with Gasteiger partial charge in [-0.05, 0) is 44.2 Å². The van der Waals surface area contributed by atoms with Crippen molar-refractivity contribution in [3.8, 4) is 5.75 Å². The normalized spacial score (nSPS) is 12.3. The Morgan fingerprint density at radius 2 is 1.80 bits per heavy atom. The van der Waals surface area contributed by atoms with Crippen molar-refractivity contribution in [2.24, 2.45) is 0 Å². The van der Waals surface area contributed by atoms with Crippen molar-refractivity contribution in [3.63, 3.8) is 0 Å². The maximum absolute atomic E-state index is 12.2. The van der Waals surface area contributed by atoms with Crippen LogP contribution in [-0.4, -0.2) is 21.6 Å². The molecule has 2 aromatic carbocycles. The summed E-state index contributed by atoms with van der Waals surface area (Å²) in [6.07, 6.45) is 0. The summed E-state index contributed by atoms with van der Waals surface area (Å²) in [5.74, 6) is 0.595. The Labute approximate surface area is 155 Å². The van der Waals surface area contributed by atoms with E-state index in [4.69, 9.17) is 4.74 Å². The molecule has 0 fully saturated rings. The van der Waals surface area contributed by atoms with Gasteiger partial charge in [0.2, 0.25) is 0 Å². The van der Waals surface area contributed by atoms with Crippen LogP contribution in [0.25, 0.3) is 0 Å². The second kappa shape index (κ2) is 7.88. The number of hydrogen-bond donors (Lipinski definition) is 2. The van der Waals surface area contributed by atoms with Crippen LogP contribution < -0.4 is 14.8 Å². The molecule has 8 heteroatoms. The number of hydrogen-bond acceptors (Lipinski definition) is 4. The zero-order valence-electron chi connectivity index (χ0n) is 14.0. The summed E-state index contributed by atoms with van der Waals surface area (Å²) in [4.78, 5) is 12.1. The lowest BCUT2D eigenvalue weighted by Gasteiger charge is -2.18. The molecule has 0 saturated carbocycles. The molecule has 25 heavy (non-hydrogen) atoms. The predicted molar refractivity (Wildman–Crippen MR) is 99.1 cm³/mol. The number of aryl methyl sites for hydroxylation is 1. The van der Waals surface area contributed by atoms with E-state index in [1.54, 1.807) is 31.2 Å². The average Bonchev–Trinajstić information content (AvgIpc) is 2.54. The van der Waals surface area contributed by atoms with E-state index in [2.05, 4.69) is 21.2 Å². The smallest absolute Gasteiger partial charge is 0.329 e. The largest absolute Gasteiger partial charge is 0.496 e. The monoisotopic (exact) mass is 426 g/mol. The van der Waals surface area contributed by atoms with E-state index in [0.717, 1.165) is 15.6 Å². The first-order valence-electron chi connectivity index (χ1n) is 7.46. The van der Waals surface area contributed by atoms with E-state index in [9.17, 15) is 13.2 Å². The fraction of sp³-hybridized carbons (Fsp3) is 0.235. The van der Waals surface area contributed by atoms with Gasteiger partial charge in [-0.3, -0.25) is 0 Å². The zero-order valence-corrected chi connectivity index (χ0v) is 16.4. The molecule has 0 aromatic heterocycles. The Balaban J connectivity index is 2.12. The third kappa shape index (κ3) is 4.96. The van der Waals surface area contributed by atoms with Gasteiger partial charge in [0.25, 0.3) is 10.0 Å². The summed E-state index contributed by atoms with van der Waals surface area (Å²) < 4.78 is 32.6. The lowest BCUT2D eigenvalue weighted by molar-refractivity contribution is 0.242. The maximum Gasteiger partial charge on any atom is 0.329 e. The number of methoxy groups -OCH3 is 1. The van der Waals surface area contributed by atoms with Gasteiger partial charge in [0.15, 0.2) is 0 Å². The minimum atomic E-state index is -3.93. The van der Waals surface area contributed by atoms with Crippen molar-refractivity contribution in [1.82, 2.24) is 10.0 Å². The van der Waals surface area contributed by atoms with Gasteiger partial charge < -0.3 is 10.1 Å². The van der Waals surface area contributed by atoms with Gasteiger partial charge >= 0.3 is 6.03 Å². The van der Waals surface area contributed by atoms with Crippen LogP contribution >= 0.6 is 15.9 Å². The van der Waals surface area contributed by atoms with Crippen molar-refractivity contribution in [2.75, 3.05) is 7.11 Å². The lowest BCUT2D eigenvalue weighted by atomic mass is 10.1. The van der Waals surface area contributed by atoms with E-state index in [1.165, 1.54) is 19.2 Å². The van der Waals surface area contributed by atoms with Crippen LogP contribution in [0.3, 0.4) is 0 Å². The van der Waals surface area contributed by atoms with Gasteiger partial charge in [0, 0.05) is 10.0 Å². The molecule has 2 amide bonds. The maximum atomic E-state index is 12.2. The van der Waals surface area contributed by atoms with Crippen molar-refractivity contribution < 1.29 is 17.9 Å². The highest BCUT2D eigenvalue weighted by molar-refractivity contribution is 9.10. The third-order valence-electron chi connectivity index (χ3n) is 3.56. The van der Waals surface area contributed by atoms with E-state index >= 15 is 0 Å². The molecule has 1 unspecified atom stereocenters. The van der Waals surface area contributed by atoms with E-state index in [1.807, 2.05) is 17.7 Å². The summed E-state index contributed by atoms with van der Waals surface area (Å²) in [7, 11) is -2.40. The predicted octanol–water partition coefficient (Wildman–Crippen LogP) is 3.52. The first kappa shape index (κ1) is 19.3. The highest BCUT2D eigenvalue weighted by Gasteiger charge is 2.20. The third-order valence-corrected chi connectivity index (χ3v) is 5.40. The Morgan fingerprint density at radius 1 is 1.16 bits per heavy atom. The van der Waals surface area contributed by atoms with Crippen LogP contribution in [0, 0.1) is 6.92 Å². The topological polar surface area (TPSA) is 84.5 Å². The molecule has 0 bridgehead atoms. The molecule has 0 heterocycles. The fourth-order valence-electron chi connectivity index (χ4n) is 2.25. The van der Waals surface area contributed by atoms with E-state index < -0.39 is 22.1 Å². The van der Waals surface area contributed by atoms with Gasteiger partial charge in [0.1, 0.15) is 5.75 Å². The number of benzene rings is 2. The Hall–Kier alpha value is -2.06. The van der Waals surface area contributed by atoms with Crippen LogP contribution in [0.2, 0.25) is 0 Å². The van der Waals surface area contributed by atoms with Crippen molar-refractivity contribution in [2.45, 2.75) is 24.8 Å².